The molecule has 0 radical (unpaired) electrons. The van der Waals surface area contributed by atoms with Crippen LogP contribution in [0.3, 0.4) is 0 Å². The van der Waals surface area contributed by atoms with E-state index < -0.39 is 0 Å². The quantitative estimate of drug-likeness (QED) is 0.740. The second-order valence-corrected chi connectivity index (χ2v) is 3.71. The predicted molar refractivity (Wildman–Crippen MR) is 56.0 cm³/mol. The van der Waals surface area contributed by atoms with Gasteiger partial charge in [-0.3, -0.25) is 0 Å². The average Bonchev–Trinajstić information content (AvgIpc) is 2.03. The molecule has 1 heterocycles. The van der Waals surface area contributed by atoms with E-state index in [0.717, 1.165) is 13.1 Å². The molecule has 1 aliphatic rings. The molecule has 0 spiro atoms. The summed E-state index contributed by atoms with van der Waals surface area (Å²) in [6.45, 7) is 4.06. The van der Waals surface area contributed by atoms with Gasteiger partial charge in [-0.15, -0.1) is 0 Å². The molecule has 1 atom stereocenters. The zero-order valence-electron chi connectivity index (χ0n) is 8.03. The van der Waals surface area contributed by atoms with Crippen molar-refractivity contribution >= 4 is 5.69 Å². The molecule has 13 heavy (non-hydrogen) atoms. The summed E-state index contributed by atoms with van der Waals surface area (Å²) in [4.78, 5) is 2.38. The van der Waals surface area contributed by atoms with Gasteiger partial charge in [0.05, 0.1) is 0 Å². The first-order chi connectivity index (χ1) is 6.31. The lowest BCUT2D eigenvalue weighted by Gasteiger charge is -2.42. The Labute approximate surface area is 79.4 Å². The van der Waals surface area contributed by atoms with Gasteiger partial charge in [-0.1, -0.05) is 12.1 Å². The molecule has 2 N–H and O–H groups in total. The first-order valence-corrected chi connectivity index (χ1v) is 4.84. The number of aryl methyl sites for hydroxylation is 1. The van der Waals surface area contributed by atoms with Crippen molar-refractivity contribution in [3.63, 3.8) is 0 Å². The second-order valence-electron chi connectivity index (χ2n) is 3.71. The van der Waals surface area contributed by atoms with Crippen LogP contribution in [0.1, 0.15) is 12.0 Å². The Morgan fingerprint density at radius 3 is 2.92 bits per heavy atom. The van der Waals surface area contributed by atoms with E-state index in [0.29, 0.717) is 6.04 Å². The molecular weight excluding hydrogens is 160 g/mol. The van der Waals surface area contributed by atoms with Gasteiger partial charge >= 0.3 is 0 Å². The van der Waals surface area contributed by atoms with Crippen LogP contribution < -0.4 is 10.6 Å². The fourth-order valence-corrected chi connectivity index (χ4v) is 1.83. The van der Waals surface area contributed by atoms with Crippen molar-refractivity contribution in [2.75, 3.05) is 18.0 Å². The van der Waals surface area contributed by atoms with Crippen molar-refractivity contribution in [3.8, 4) is 0 Å². The van der Waals surface area contributed by atoms with E-state index in [4.69, 9.17) is 5.73 Å². The minimum Gasteiger partial charge on any atom is -0.367 e. The van der Waals surface area contributed by atoms with Gasteiger partial charge in [-0.2, -0.15) is 0 Å². The van der Waals surface area contributed by atoms with Crippen molar-refractivity contribution in [1.29, 1.82) is 0 Å². The molecule has 0 aromatic heterocycles. The predicted octanol–water partition coefficient (Wildman–Crippen LogP) is 1.53. The van der Waals surface area contributed by atoms with Crippen LogP contribution in [0.5, 0.6) is 0 Å². The summed E-state index contributed by atoms with van der Waals surface area (Å²) in [5.74, 6) is 0. The van der Waals surface area contributed by atoms with E-state index in [1.165, 1.54) is 17.7 Å². The zero-order chi connectivity index (χ0) is 9.26. The lowest BCUT2D eigenvalue weighted by molar-refractivity contribution is 0.456. The van der Waals surface area contributed by atoms with Crippen LogP contribution >= 0.6 is 0 Å². The van der Waals surface area contributed by atoms with Crippen molar-refractivity contribution in [2.45, 2.75) is 19.4 Å². The Bertz CT molecular complexity index is 294. The van der Waals surface area contributed by atoms with Crippen molar-refractivity contribution in [2.24, 2.45) is 5.73 Å². The molecule has 1 unspecified atom stereocenters. The maximum atomic E-state index is 5.66. The molecule has 1 aromatic carbocycles. The monoisotopic (exact) mass is 176 g/mol. The third-order valence-electron chi connectivity index (χ3n) is 2.75. The number of nitrogens with zero attached hydrogens (tertiary/aromatic N) is 1. The summed E-state index contributed by atoms with van der Waals surface area (Å²) < 4.78 is 0. The maximum Gasteiger partial charge on any atom is 0.0429 e. The molecule has 1 aliphatic heterocycles. The lowest BCUT2D eigenvalue weighted by atomic mass is 10.0. The largest absolute Gasteiger partial charge is 0.367 e. The summed E-state index contributed by atoms with van der Waals surface area (Å²) in [7, 11) is 0. The van der Waals surface area contributed by atoms with Gasteiger partial charge in [0.15, 0.2) is 0 Å². The van der Waals surface area contributed by atoms with Crippen molar-refractivity contribution in [3.05, 3.63) is 29.8 Å². The Morgan fingerprint density at radius 1 is 1.54 bits per heavy atom. The Kier molecular flexibility index (Phi) is 2.23. The third-order valence-corrected chi connectivity index (χ3v) is 2.75. The molecule has 2 nitrogen and oxygen atoms in total. The second kappa shape index (κ2) is 3.38. The summed E-state index contributed by atoms with van der Waals surface area (Å²) in [5.41, 5.74) is 8.30. The Balaban J connectivity index is 2.16. The SMILES string of the molecule is Cc1cccc(N2CCC2CN)c1. The highest BCUT2D eigenvalue weighted by molar-refractivity contribution is 5.51. The maximum absolute atomic E-state index is 5.66. The summed E-state index contributed by atoms with van der Waals surface area (Å²) in [5, 5.41) is 0. The van der Waals surface area contributed by atoms with Crippen molar-refractivity contribution in [1.82, 2.24) is 0 Å². The molecule has 1 aromatic rings. The fourth-order valence-electron chi connectivity index (χ4n) is 1.83. The van der Waals surface area contributed by atoms with Crippen LogP contribution in [-0.4, -0.2) is 19.1 Å². The number of nitrogens with two attached hydrogens (primary N) is 1. The van der Waals surface area contributed by atoms with Crippen LogP contribution in [0.25, 0.3) is 0 Å². The van der Waals surface area contributed by atoms with Gasteiger partial charge in [0.1, 0.15) is 0 Å². The fraction of sp³-hybridized carbons (Fsp3) is 0.455. The average molecular weight is 176 g/mol. The molecule has 2 heteroatoms. The van der Waals surface area contributed by atoms with E-state index in [1.54, 1.807) is 0 Å². The van der Waals surface area contributed by atoms with Gasteiger partial charge in [-0.25, -0.2) is 0 Å². The molecule has 1 saturated heterocycles. The van der Waals surface area contributed by atoms with E-state index >= 15 is 0 Å². The molecule has 2 rings (SSSR count). The normalized spacial score (nSPS) is 21.4. The smallest absolute Gasteiger partial charge is 0.0429 e. The number of hydrogen-bond donors (Lipinski definition) is 1. The van der Waals surface area contributed by atoms with Gasteiger partial charge in [-0.05, 0) is 31.0 Å². The highest BCUT2D eigenvalue weighted by Crippen LogP contribution is 2.26. The van der Waals surface area contributed by atoms with Crippen LogP contribution in [0.2, 0.25) is 0 Å². The third kappa shape index (κ3) is 1.54. The van der Waals surface area contributed by atoms with E-state index in [9.17, 15) is 0 Å². The summed E-state index contributed by atoms with van der Waals surface area (Å²) in [6.07, 6.45) is 1.24. The summed E-state index contributed by atoms with van der Waals surface area (Å²) >= 11 is 0. The lowest BCUT2D eigenvalue weighted by Crippen LogP contribution is -2.51. The number of hydrogen-bond acceptors (Lipinski definition) is 2. The van der Waals surface area contributed by atoms with Gasteiger partial charge in [0.25, 0.3) is 0 Å². The highest BCUT2D eigenvalue weighted by atomic mass is 15.2. The van der Waals surface area contributed by atoms with Crippen LogP contribution in [0.4, 0.5) is 5.69 Å². The molecular formula is C11H16N2. The van der Waals surface area contributed by atoms with Gasteiger partial charge in [0.2, 0.25) is 0 Å². The topological polar surface area (TPSA) is 29.3 Å². The van der Waals surface area contributed by atoms with Crippen LogP contribution in [-0.2, 0) is 0 Å². The highest BCUT2D eigenvalue weighted by Gasteiger charge is 2.26. The molecule has 0 aliphatic carbocycles. The van der Waals surface area contributed by atoms with Gasteiger partial charge < -0.3 is 10.6 Å². The minimum atomic E-state index is 0.571. The number of anilines is 1. The van der Waals surface area contributed by atoms with Crippen molar-refractivity contribution < 1.29 is 0 Å². The first-order valence-electron chi connectivity index (χ1n) is 4.84. The molecule has 1 fully saturated rings. The molecule has 0 amide bonds. The Hall–Kier alpha value is -1.02. The number of rotatable bonds is 2. The van der Waals surface area contributed by atoms with Crippen LogP contribution in [0.15, 0.2) is 24.3 Å². The van der Waals surface area contributed by atoms with Gasteiger partial charge in [0, 0.05) is 24.8 Å². The van der Waals surface area contributed by atoms with E-state index in [2.05, 4.69) is 36.1 Å². The molecule has 0 bridgehead atoms. The molecule has 70 valence electrons. The standard InChI is InChI=1S/C11H16N2/c1-9-3-2-4-10(7-9)13-6-5-11(13)8-12/h2-4,7,11H,5-6,8,12H2,1H3. The minimum absolute atomic E-state index is 0.571. The van der Waals surface area contributed by atoms with E-state index in [1.807, 2.05) is 0 Å². The zero-order valence-corrected chi connectivity index (χ0v) is 8.03. The summed E-state index contributed by atoms with van der Waals surface area (Å²) in [6, 6.07) is 9.19. The number of benzene rings is 1. The van der Waals surface area contributed by atoms with Crippen LogP contribution in [0, 0.1) is 6.92 Å². The Morgan fingerprint density at radius 2 is 2.38 bits per heavy atom. The molecule has 0 saturated carbocycles. The first kappa shape index (κ1) is 8.57. The van der Waals surface area contributed by atoms with E-state index in [-0.39, 0.29) is 0 Å².